The molecule has 2 atom stereocenters. The lowest BCUT2D eigenvalue weighted by atomic mass is 9.86. The van der Waals surface area contributed by atoms with Crippen LogP contribution in [0, 0.1) is 5.92 Å². The summed E-state index contributed by atoms with van der Waals surface area (Å²) in [4.78, 5) is 0. The van der Waals surface area contributed by atoms with Crippen molar-refractivity contribution in [3.63, 3.8) is 0 Å². The number of hydrogen-bond donors (Lipinski definition) is 1. The van der Waals surface area contributed by atoms with Gasteiger partial charge in [-0.15, -0.1) is 0 Å². The highest BCUT2D eigenvalue weighted by molar-refractivity contribution is 7.99. The maximum absolute atomic E-state index is 3.72. The van der Waals surface area contributed by atoms with Crippen molar-refractivity contribution in [2.24, 2.45) is 5.92 Å². The van der Waals surface area contributed by atoms with Gasteiger partial charge in [0.2, 0.25) is 0 Å². The van der Waals surface area contributed by atoms with E-state index in [2.05, 4.69) is 30.9 Å². The average Bonchev–Trinajstić information content (AvgIpc) is 2.20. The van der Waals surface area contributed by atoms with Gasteiger partial charge in [-0.05, 0) is 43.2 Å². The molecule has 1 rings (SSSR count). The molecule has 0 bridgehead atoms. The Morgan fingerprint density at radius 1 is 1.29 bits per heavy atom. The second-order valence-corrected chi connectivity index (χ2v) is 5.77. The standard InChI is InChI=1S/C12H25NS/c1-3-14-10-6-9-13-12-8-5-4-7-11(12)2/h11-13H,3-10H2,1-2H3. The predicted molar refractivity (Wildman–Crippen MR) is 67.0 cm³/mol. The molecule has 0 radical (unpaired) electrons. The van der Waals surface area contributed by atoms with Gasteiger partial charge in [0.1, 0.15) is 0 Å². The van der Waals surface area contributed by atoms with Crippen molar-refractivity contribution in [3.05, 3.63) is 0 Å². The Kier molecular flexibility index (Phi) is 6.70. The normalized spacial score (nSPS) is 27.9. The highest BCUT2D eigenvalue weighted by Crippen LogP contribution is 2.23. The van der Waals surface area contributed by atoms with Crippen LogP contribution in [0.5, 0.6) is 0 Å². The molecule has 0 aromatic heterocycles. The van der Waals surface area contributed by atoms with Crippen LogP contribution in [0.4, 0.5) is 0 Å². The van der Waals surface area contributed by atoms with Crippen LogP contribution in [0.15, 0.2) is 0 Å². The van der Waals surface area contributed by atoms with Gasteiger partial charge in [0.15, 0.2) is 0 Å². The van der Waals surface area contributed by atoms with Crippen molar-refractivity contribution in [1.29, 1.82) is 0 Å². The van der Waals surface area contributed by atoms with Gasteiger partial charge in [0.05, 0.1) is 0 Å². The molecule has 84 valence electrons. The number of hydrogen-bond acceptors (Lipinski definition) is 2. The van der Waals surface area contributed by atoms with Gasteiger partial charge in [-0.2, -0.15) is 11.8 Å². The zero-order chi connectivity index (χ0) is 10.2. The van der Waals surface area contributed by atoms with E-state index in [1.54, 1.807) is 0 Å². The summed E-state index contributed by atoms with van der Waals surface area (Å²) >= 11 is 2.06. The van der Waals surface area contributed by atoms with Crippen molar-refractivity contribution in [2.45, 2.75) is 52.0 Å². The second-order valence-electron chi connectivity index (χ2n) is 4.37. The van der Waals surface area contributed by atoms with Gasteiger partial charge < -0.3 is 5.32 Å². The Morgan fingerprint density at radius 3 is 2.79 bits per heavy atom. The van der Waals surface area contributed by atoms with Crippen LogP contribution >= 0.6 is 11.8 Å². The summed E-state index contributed by atoms with van der Waals surface area (Å²) < 4.78 is 0. The highest BCUT2D eigenvalue weighted by atomic mass is 32.2. The summed E-state index contributed by atoms with van der Waals surface area (Å²) in [5, 5.41) is 3.72. The van der Waals surface area contributed by atoms with Gasteiger partial charge in [-0.1, -0.05) is 26.7 Å². The monoisotopic (exact) mass is 215 g/mol. The Hall–Kier alpha value is 0.310. The molecule has 1 aliphatic carbocycles. The Bertz CT molecular complexity index is 138. The van der Waals surface area contributed by atoms with Crippen LogP contribution in [-0.4, -0.2) is 24.1 Å². The van der Waals surface area contributed by atoms with Gasteiger partial charge in [0.25, 0.3) is 0 Å². The van der Waals surface area contributed by atoms with Gasteiger partial charge in [-0.25, -0.2) is 0 Å². The molecule has 0 saturated heterocycles. The zero-order valence-corrected chi connectivity index (χ0v) is 10.5. The summed E-state index contributed by atoms with van der Waals surface area (Å²) in [6, 6.07) is 0.815. The first-order chi connectivity index (χ1) is 6.84. The molecule has 2 heteroatoms. The number of rotatable bonds is 6. The van der Waals surface area contributed by atoms with E-state index < -0.39 is 0 Å². The lowest BCUT2D eigenvalue weighted by Crippen LogP contribution is -2.37. The fourth-order valence-electron chi connectivity index (χ4n) is 2.23. The molecule has 1 N–H and O–H groups in total. The fourth-order valence-corrected chi connectivity index (χ4v) is 2.86. The molecule has 0 amide bonds. The minimum atomic E-state index is 0.815. The molecular formula is C12H25NS. The fraction of sp³-hybridized carbons (Fsp3) is 1.00. The largest absolute Gasteiger partial charge is 0.314 e. The maximum atomic E-state index is 3.72. The molecule has 1 aliphatic rings. The summed E-state index contributed by atoms with van der Waals surface area (Å²) in [7, 11) is 0. The molecule has 0 spiro atoms. The van der Waals surface area contributed by atoms with Gasteiger partial charge in [0, 0.05) is 6.04 Å². The van der Waals surface area contributed by atoms with Crippen LogP contribution in [0.2, 0.25) is 0 Å². The third-order valence-electron chi connectivity index (χ3n) is 3.19. The maximum Gasteiger partial charge on any atom is 0.00926 e. The van der Waals surface area contributed by atoms with E-state index in [4.69, 9.17) is 0 Å². The van der Waals surface area contributed by atoms with E-state index in [-0.39, 0.29) is 0 Å². The molecule has 0 aromatic carbocycles. The van der Waals surface area contributed by atoms with Crippen molar-refractivity contribution < 1.29 is 0 Å². The van der Waals surface area contributed by atoms with Crippen LogP contribution in [0.3, 0.4) is 0 Å². The number of nitrogens with one attached hydrogen (secondary N) is 1. The van der Waals surface area contributed by atoms with E-state index >= 15 is 0 Å². The lowest BCUT2D eigenvalue weighted by molar-refractivity contribution is 0.282. The van der Waals surface area contributed by atoms with Crippen molar-refractivity contribution in [3.8, 4) is 0 Å². The average molecular weight is 215 g/mol. The first-order valence-corrected chi connectivity index (χ1v) is 7.31. The van der Waals surface area contributed by atoms with Crippen LogP contribution in [0.25, 0.3) is 0 Å². The van der Waals surface area contributed by atoms with E-state index in [1.165, 1.54) is 50.2 Å². The quantitative estimate of drug-likeness (QED) is 0.682. The molecule has 0 heterocycles. The van der Waals surface area contributed by atoms with Crippen molar-refractivity contribution in [2.75, 3.05) is 18.1 Å². The zero-order valence-electron chi connectivity index (χ0n) is 9.72. The van der Waals surface area contributed by atoms with Gasteiger partial charge >= 0.3 is 0 Å². The molecule has 14 heavy (non-hydrogen) atoms. The van der Waals surface area contributed by atoms with Crippen molar-refractivity contribution in [1.82, 2.24) is 5.32 Å². The summed E-state index contributed by atoms with van der Waals surface area (Å²) in [5.41, 5.74) is 0. The molecule has 1 fully saturated rings. The van der Waals surface area contributed by atoms with Crippen LogP contribution < -0.4 is 5.32 Å². The molecule has 1 saturated carbocycles. The Labute approximate surface area is 93.4 Å². The highest BCUT2D eigenvalue weighted by Gasteiger charge is 2.19. The van der Waals surface area contributed by atoms with E-state index in [1.807, 2.05) is 0 Å². The molecule has 2 unspecified atom stereocenters. The third-order valence-corrected chi connectivity index (χ3v) is 4.17. The summed E-state index contributed by atoms with van der Waals surface area (Å²) in [5.74, 6) is 3.49. The molecular weight excluding hydrogens is 190 g/mol. The topological polar surface area (TPSA) is 12.0 Å². The lowest BCUT2D eigenvalue weighted by Gasteiger charge is -2.29. The first kappa shape index (κ1) is 12.4. The summed E-state index contributed by atoms with van der Waals surface area (Å²) in [6.07, 6.45) is 7.06. The molecule has 0 aliphatic heterocycles. The van der Waals surface area contributed by atoms with E-state index in [0.29, 0.717) is 0 Å². The number of thioether (sulfide) groups is 1. The molecule has 1 nitrogen and oxygen atoms in total. The summed E-state index contributed by atoms with van der Waals surface area (Å²) in [6.45, 7) is 5.86. The smallest absolute Gasteiger partial charge is 0.00926 e. The minimum absolute atomic E-state index is 0.815. The van der Waals surface area contributed by atoms with E-state index in [9.17, 15) is 0 Å². The van der Waals surface area contributed by atoms with E-state index in [0.717, 1.165) is 12.0 Å². The molecule has 0 aromatic rings. The SMILES string of the molecule is CCSCCCNC1CCCCC1C. The first-order valence-electron chi connectivity index (χ1n) is 6.15. The van der Waals surface area contributed by atoms with Crippen LogP contribution in [0.1, 0.15) is 46.0 Å². The second kappa shape index (κ2) is 7.58. The van der Waals surface area contributed by atoms with Crippen LogP contribution in [-0.2, 0) is 0 Å². The van der Waals surface area contributed by atoms with Gasteiger partial charge in [-0.3, -0.25) is 0 Å². The Morgan fingerprint density at radius 2 is 2.07 bits per heavy atom. The Balaban J connectivity index is 1.99. The van der Waals surface area contributed by atoms with Crippen molar-refractivity contribution >= 4 is 11.8 Å². The minimum Gasteiger partial charge on any atom is -0.314 e. The third kappa shape index (κ3) is 4.70. The predicted octanol–water partition coefficient (Wildman–Crippen LogP) is 3.30.